The van der Waals surface area contributed by atoms with Gasteiger partial charge in [-0.25, -0.2) is 8.42 Å². The van der Waals surface area contributed by atoms with E-state index in [2.05, 4.69) is 5.32 Å². The van der Waals surface area contributed by atoms with Gasteiger partial charge in [0.1, 0.15) is 0 Å². The highest BCUT2D eigenvalue weighted by Crippen LogP contribution is 2.31. The van der Waals surface area contributed by atoms with Crippen molar-refractivity contribution in [3.8, 4) is 0 Å². The summed E-state index contributed by atoms with van der Waals surface area (Å²) in [5.74, 6) is 0. The minimum absolute atomic E-state index is 0.0663. The quantitative estimate of drug-likeness (QED) is 0.819. The first kappa shape index (κ1) is 15.2. The molecule has 1 N–H and O–H groups in total. The minimum Gasteiger partial charge on any atom is -0.375 e. The van der Waals surface area contributed by atoms with Crippen LogP contribution in [-0.2, 0) is 14.8 Å². The van der Waals surface area contributed by atoms with Crippen LogP contribution in [0.15, 0.2) is 0 Å². The number of hydrogen-bond acceptors (Lipinski definition) is 4. The highest BCUT2D eigenvalue weighted by molar-refractivity contribution is 7.89. The Morgan fingerprint density at radius 1 is 1.37 bits per heavy atom. The number of fused-ring (bicyclic) bond motifs is 1. The van der Waals surface area contributed by atoms with Crippen molar-refractivity contribution in [3.63, 3.8) is 0 Å². The Bertz CT molecular complexity index is 383. The summed E-state index contributed by atoms with van der Waals surface area (Å²) >= 11 is 0. The van der Waals surface area contributed by atoms with Crippen LogP contribution >= 0.6 is 0 Å². The number of ether oxygens (including phenoxy) is 1. The van der Waals surface area contributed by atoms with Crippen LogP contribution in [0.2, 0.25) is 0 Å². The molecule has 0 amide bonds. The highest BCUT2D eigenvalue weighted by atomic mass is 32.2. The zero-order valence-corrected chi connectivity index (χ0v) is 12.8. The second-order valence-corrected chi connectivity index (χ2v) is 7.84. The summed E-state index contributed by atoms with van der Waals surface area (Å²) in [4.78, 5) is 0. The van der Waals surface area contributed by atoms with Crippen molar-refractivity contribution in [1.29, 1.82) is 0 Å². The largest absolute Gasteiger partial charge is 0.375 e. The first-order valence-electron chi connectivity index (χ1n) is 7.40. The molecule has 2 aliphatic rings. The molecular weight excluding hydrogens is 264 g/mol. The van der Waals surface area contributed by atoms with Crippen LogP contribution in [0.1, 0.15) is 39.5 Å². The average molecular weight is 290 g/mol. The summed E-state index contributed by atoms with van der Waals surface area (Å²) in [6.07, 6.45) is 4.32. The standard InChI is InChI=1S/C13H26N2O3S/c1-3-14-10-11(2)19(16,17)15-8-9-18-13-7-5-4-6-12(13)15/h11-14H,3-10H2,1-2H3. The Balaban J connectivity index is 2.09. The van der Waals surface area contributed by atoms with E-state index in [1.165, 1.54) is 0 Å². The van der Waals surface area contributed by atoms with Crippen LogP contribution in [0.25, 0.3) is 0 Å². The molecular formula is C13H26N2O3S. The summed E-state index contributed by atoms with van der Waals surface area (Å²) in [5, 5.41) is 2.76. The lowest BCUT2D eigenvalue weighted by molar-refractivity contribution is -0.0588. The van der Waals surface area contributed by atoms with Gasteiger partial charge in [-0.1, -0.05) is 19.8 Å². The molecule has 1 saturated heterocycles. The third-order valence-corrected chi connectivity index (χ3v) is 6.49. The van der Waals surface area contributed by atoms with Gasteiger partial charge in [0.2, 0.25) is 10.0 Å². The molecule has 2 fully saturated rings. The highest BCUT2D eigenvalue weighted by Gasteiger charge is 2.41. The molecule has 5 nitrogen and oxygen atoms in total. The Hall–Kier alpha value is -0.170. The summed E-state index contributed by atoms with van der Waals surface area (Å²) in [6.45, 7) is 6.16. The fraction of sp³-hybridized carbons (Fsp3) is 1.00. The molecule has 1 aliphatic carbocycles. The zero-order valence-electron chi connectivity index (χ0n) is 12.0. The van der Waals surface area contributed by atoms with E-state index < -0.39 is 10.0 Å². The van der Waals surface area contributed by atoms with Crippen LogP contribution in [0.4, 0.5) is 0 Å². The lowest BCUT2D eigenvalue weighted by Gasteiger charge is -2.43. The van der Waals surface area contributed by atoms with Gasteiger partial charge in [-0.2, -0.15) is 4.31 Å². The maximum absolute atomic E-state index is 12.7. The lowest BCUT2D eigenvalue weighted by Crippen LogP contribution is -2.57. The Kier molecular flexibility index (Phi) is 5.22. The monoisotopic (exact) mass is 290 g/mol. The van der Waals surface area contributed by atoms with E-state index in [-0.39, 0.29) is 17.4 Å². The van der Waals surface area contributed by atoms with Gasteiger partial charge in [-0.15, -0.1) is 0 Å². The van der Waals surface area contributed by atoms with Crippen molar-refractivity contribution in [3.05, 3.63) is 0 Å². The fourth-order valence-corrected chi connectivity index (χ4v) is 4.80. The van der Waals surface area contributed by atoms with Gasteiger partial charge in [0.15, 0.2) is 0 Å². The van der Waals surface area contributed by atoms with E-state index in [9.17, 15) is 8.42 Å². The van der Waals surface area contributed by atoms with Gasteiger partial charge >= 0.3 is 0 Å². The van der Waals surface area contributed by atoms with Crippen molar-refractivity contribution in [2.45, 2.75) is 56.9 Å². The van der Waals surface area contributed by atoms with Gasteiger partial charge in [-0.3, -0.25) is 0 Å². The number of sulfonamides is 1. The van der Waals surface area contributed by atoms with E-state index in [1.807, 2.05) is 6.92 Å². The van der Waals surface area contributed by atoms with E-state index in [0.29, 0.717) is 19.7 Å². The van der Waals surface area contributed by atoms with Crippen molar-refractivity contribution < 1.29 is 13.2 Å². The van der Waals surface area contributed by atoms with E-state index in [0.717, 1.165) is 32.2 Å². The van der Waals surface area contributed by atoms with Crippen LogP contribution in [0.5, 0.6) is 0 Å². The van der Waals surface area contributed by atoms with E-state index in [1.54, 1.807) is 11.2 Å². The molecule has 0 aromatic heterocycles. The first-order valence-corrected chi connectivity index (χ1v) is 8.90. The molecule has 3 atom stereocenters. The van der Waals surface area contributed by atoms with Crippen molar-refractivity contribution >= 4 is 10.0 Å². The van der Waals surface area contributed by atoms with Gasteiger partial charge < -0.3 is 10.1 Å². The van der Waals surface area contributed by atoms with E-state index >= 15 is 0 Å². The Morgan fingerprint density at radius 2 is 2.11 bits per heavy atom. The second kappa shape index (κ2) is 6.52. The van der Waals surface area contributed by atoms with Crippen LogP contribution in [0.3, 0.4) is 0 Å². The molecule has 0 aromatic rings. The molecule has 0 bridgehead atoms. The van der Waals surface area contributed by atoms with Gasteiger partial charge in [0.05, 0.1) is 24.0 Å². The normalized spacial score (nSPS) is 30.8. The number of nitrogens with one attached hydrogen (secondary N) is 1. The molecule has 1 saturated carbocycles. The number of nitrogens with zero attached hydrogens (tertiary/aromatic N) is 1. The first-order chi connectivity index (χ1) is 9.07. The molecule has 1 aliphatic heterocycles. The lowest BCUT2D eigenvalue weighted by atomic mass is 9.91. The molecule has 0 radical (unpaired) electrons. The van der Waals surface area contributed by atoms with E-state index in [4.69, 9.17) is 4.74 Å². The molecule has 0 aromatic carbocycles. The maximum atomic E-state index is 12.7. The third-order valence-electron chi connectivity index (χ3n) is 4.20. The number of morpholine rings is 1. The zero-order chi connectivity index (χ0) is 13.9. The summed E-state index contributed by atoms with van der Waals surface area (Å²) in [5.41, 5.74) is 0. The molecule has 19 heavy (non-hydrogen) atoms. The van der Waals surface area contributed by atoms with Crippen molar-refractivity contribution in [2.75, 3.05) is 26.2 Å². The fourth-order valence-electron chi connectivity index (χ4n) is 3.06. The average Bonchev–Trinajstić information content (AvgIpc) is 2.43. The van der Waals surface area contributed by atoms with Gasteiger partial charge in [-0.05, 0) is 26.3 Å². The number of hydrogen-bond donors (Lipinski definition) is 1. The third kappa shape index (κ3) is 3.29. The molecule has 6 heteroatoms. The Labute approximate surface area is 116 Å². The second-order valence-electron chi connectivity index (χ2n) is 5.54. The maximum Gasteiger partial charge on any atom is 0.218 e. The predicted octanol–water partition coefficient (Wildman–Crippen LogP) is 0.958. The van der Waals surface area contributed by atoms with Gasteiger partial charge in [0, 0.05) is 13.1 Å². The topological polar surface area (TPSA) is 58.6 Å². The number of rotatable bonds is 5. The summed E-state index contributed by atoms with van der Waals surface area (Å²) in [7, 11) is -3.21. The van der Waals surface area contributed by atoms with Crippen LogP contribution in [0, 0.1) is 0 Å². The van der Waals surface area contributed by atoms with Crippen LogP contribution in [-0.4, -0.2) is 56.4 Å². The molecule has 112 valence electrons. The van der Waals surface area contributed by atoms with Crippen molar-refractivity contribution in [2.24, 2.45) is 0 Å². The molecule has 0 spiro atoms. The molecule has 1 heterocycles. The van der Waals surface area contributed by atoms with Crippen molar-refractivity contribution in [1.82, 2.24) is 9.62 Å². The Morgan fingerprint density at radius 3 is 2.84 bits per heavy atom. The SMILES string of the molecule is CCNCC(C)S(=O)(=O)N1CCOC2CCCCC21. The predicted molar refractivity (Wildman–Crippen MR) is 75.6 cm³/mol. The van der Waals surface area contributed by atoms with Crippen LogP contribution < -0.4 is 5.32 Å². The molecule has 2 rings (SSSR count). The summed E-state index contributed by atoms with van der Waals surface area (Å²) in [6, 6.07) is 0.0663. The minimum atomic E-state index is -3.21. The summed E-state index contributed by atoms with van der Waals surface area (Å²) < 4.78 is 32.8. The smallest absolute Gasteiger partial charge is 0.218 e. The molecule has 3 unspecified atom stereocenters. The van der Waals surface area contributed by atoms with Gasteiger partial charge in [0.25, 0.3) is 0 Å².